The van der Waals surface area contributed by atoms with E-state index in [0.29, 0.717) is 0 Å². The number of carbonyl (C=O) groups is 2. The van der Waals surface area contributed by atoms with Crippen molar-refractivity contribution in [2.75, 3.05) is 26.2 Å². The Hall–Kier alpha value is -0.810. The van der Waals surface area contributed by atoms with Crippen LogP contribution in [0.3, 0.4) is 0 Å². The number of hydrogen-bond donors (Lipinski definition) is 1. The summed E-state index contributed by atoms with van der Waals surface area (Å²) in [5, 5.41) is 3.30. The maximum absolute atomic E-state index is 12.7. The fourth-order valence-corrected chi connectivity index (χ4v) is 3.72. The first kappa shape index (κ1) is 15.6. The Morgan fingerprint density at radius 3 is 2.70 bits per heavy atom. The molecule has 6 heteroatoms. The van der Waals surface area contributed by atoms with Gasteiger partial charge in [-0.15, -0.1) is 12.4 Å². The predicted molar refractivity (Wildman–Crippen MR) is 76.7 cm³/mol. The fraction of sp³-hybridized carbons (Fsp3) is 0.857. The van der Waals surface area contributed by atoms with Crippen LogP contribution in [0.1, 0.15) is 38.5 Å². The van der Waals surface area contributed by atoms with Crippen molar-refractivity contribution in [1.29, 1.82) is 0 Å². The van der Waals surface area contributed by atoms with Crippen LogP contribution in [0.25, 0.3) is 0 Å². The van der Waals surface area contributed by atoms with Gasteiger partial charge >= 0.3 is 5.97 Å². The highest BCUT2D eigenvalue weighted by Gasteiger charge is 2.54. The maximum Gasteiger partial charge on any atom is 0.307 e. The van der Waals surface area contributed by atoms with Gasteiger partial charge in [0.2, 0.25) is 5.91 Å². The fourth-order valence-electron chi connectivity index (χ4n) is 3.72. The summed E-state index contributed by atoms with van der Waals surface area (Å²) in [4.78, 5) is 26.3. The minimum absolute atomic E-state index is 0. The largest absolute Gasteiger partial charge is 0.458 e. The van der Waals surface area contributed by atoms with Gasteiger partial charge in [-0.05, 0) is 38.6 Å². The Balaban J connectivity index is 0.00000147. The second-order valence-electron chi connectivity index (χ2n) is 5.93. The third-order valence-electron chi connectivity index (χ3n) is 4.72. The number of rotatable bonds is 1. The lowest BCUT2D eigenvalue weighted by Crippen LogP contribution is -2.46. The molecule has 3 rings (SSSR count). The number of carbonyl (C=O) groups excluding carboxylic acids is 2. The maximum atomic E-state index is 12.7. The van der Waals surface area contributed by atoms with Gasteiger partial charge in [-0.25, -0.2) is 0 Å². The van der Waals surface area contributed by atoms with E-state index in [1.807, 2.05) is 4.90 Å². The van der Waals surface area contributed by atoms with Crippen LogP contribution in [-0.4, -0.2) is 48.6 Å². The highest BCUT2D eigenvalue weighted by atomic mass is 35.5. The number of amides is 1. The van der Waals surface area contributed by atoms with Crippen molar-refractivity contribution in [2.24, 2.45) is 5.92 Å². The summed E-state index contributed by atoms with van der Waals surface area (Å²) >= 11 is 0. The number of nitrogens with one attached hydrogen (secondary N) is 1. The van der Waals surface area contributed by atoms with Crippen LogP contribution in [0, 0.1) is 5.92 Å². The third-order valence-corrected chi connectivity index (χ3v) is 4.72. The highest BCUT2D eigenvalue weighted by molar-refractivity contribution is 5.88. The van der Waals surface area contributed by atoms with E-state index < -0.39 is 5.60 Å². The molecule has 1 unspecified atom stereocenters. The lowest BCUT2D eigenvalue weighted by molar-refractivity contribution is -0.151. The van der Waals surface area contributed by atoms with Crippen LogP contribution >= 0.6 is 12.4 Å². The Labute approximate surface area is 125 Å². The lowest BCUT2D eigenvalue weighted by Gasteiger charge is -2.32. The lowest BCUT2D eigenvalue weighted by atomic mass is 9.84. The summed E-state index contributed by atoms with van der Waals surface area (Å²) in [6.45, 7) is 3.36. The number of ether oxygens (including phenoxy) is 1. The standard InChI is InChI=1S/C14H22N2O3.ClH/c17-12-10-11(14(19-12)4-1-2-5-14)13(18)16-8-3-6-15-7-9-16;/h11,15H,1-10H2;1H. The number of halogens is 1. The molecule has 1 aliphatic carbocycles. The summed E-state index contributed by atoms with van der Waals surface area (Å²) < 4.78 is 5.56. The first-order chi connectivity index (χ1) is 9.21. The molecule has 1 spiro atoms. The van der Waals surface area contributed by atoms with Crippen molar-refractivity contribution in [1.82, 2.24) is 10.2 Å². The van der Waals surface area contributed by atoms with E-state index in [1.54, 1.807) is 0 Å². The molecule has 1 saturated carbocycles. The molecule has 114 valence electrons. The molecule has 3 aliphatic rings. The van der Waals surface area contributed by atoms with Crippen LogP contribution in [0.4, 0.5) is 0 Å². The van der Waals surface area contributed by atoms with Gasteiger partial charge < -0.3 is 15.0 Å². The van der Waals surface area contributed by atoms with Crippen LogP contribution in [0.5, 0.6) is 0 Å². The Bertz CT molecular complexity index is 375. The molecular weight excluding hydrogens is 280 g/mol. The normalized spacial score (nSPS) is 28.9. The third kappa shape index (κ3) is 2.79. The van der Waals surface area contributed by atoms with Crippen molar-refractivity contribution in [3.05, 3.63) is 0 Å². The zero-order valence-electron chi connectivity index (χ0n) is 11.7. The first-order valence-corrected chi connectivity index (χ1v) is 7.43. The van der Waals surface area contributed by atoms with Crippen LogP contribution in [0.2, 0.25) is 0 Å². The van der Waals surface area contributed by atoms with E-state index in [0.717, 1.165) is 58.3 Å². The van der Waals surface area contributed by atoms with E-state index in [9.17, 15) is 9.59 Å². The molecule has 1 amide bonds. The van der Waals surface area contributed by atoms with Crippen molar-refractivity contribution in [3.8, 4) is 0 Å². The molecule has 1 N–H and O–H groups in total. The van der Waals surface area contributed by atoms with E-state index >= 15 is 0 Å². The Kier molecular flexibility index (Phi) is 4.91. The number of hydrogen-bond acceptors (Lipinski definition) is 4. The van der Waals surface area contributed by atoms with E-state index in [1.165, 1.54) is 0 Å². The Morgan fingerprint density at radius 2 is 1.95 bits per heavy atom. The highest BCUT2D eigenvalue weighted by Crippen LogP contribution is 2.46. The summed E-state index contributed by atoms with van der Waals surface area (Å²) in [6, 6.07) is 0. The van der Waals surface area contributed by atoms with Crippen LogP contribution < -0.4 is 5.32 Å². The smallest absolute Gasteiger partial charge is 0.307 e. The number of nitrogens with zero attached hydrogens (tertiary/aromatic N) is 1. The topological polar surface area (TPSA) is 58.6 Å². The van der Waals surface area contributed by atoms with Crippen molar-refractivity contribution in [2.45, 2.75) is 44.1 Å². The predicted octanol–water partition coefficient (Wildman–Crippen LogP) is 1.11. The molecule has 2 saturated heterocycles. The van der Waals surface area contributed by atoms with Gasteiger partial charge in [-0.3, -0.25) is 9.59 Å². The zero-order chi connectivity index (χ0) is 13.3. The zero-order valence-corrected chi connectivity index (χ0v) is 12.5. The van der Waals surface area contributed by atoms with Crippen molar-refractivity contribution in [3.63, 3.8) is 0 Å². The monoisotopic (exact) mass is 302 g/mol. The van der Waals surface area contributed by atoms with Crippen molar-refractivity contribution < 1.29 is 14.3 Å². The average molecular weight is 303 g/mol. The average Bonchev–Trinajstić information content (AvgIpc) is 2.87. The summed E-state index contributed by atoms with van der Waals surface area (Å²) in [5.74, 6) is -0.287. The number of esters is 1. The summed E-state index contributed by atoms with van der Waals surface area (Å²) in [5.41, 5.74) is -0.464. The van der Waals surface area contributed by atoms with E-state index in [4.69, 9.17) is 4.74 Å². The second kappa shape index (κ2) is 6.31. The van der Waals surface area contributed by atoms with Gasteiger partial charge in [-0.1, -0.05) is 0 Å². The summed E-state index contributed by atoms with van der Waals surface area (Å²) in [7, 11) is 0. The molecule has 0 radical (unpaired) electrons. The van der Waals surface area contributed by atoms with E-state index in [2.05, 4.69) is 5.32 Å². The molecule has 2 heterocycles. The van der Waals surface area contributed by atoms with Crippen LogP contribution in [-0.2, 0) is 14.3 Å². The molecule has 0 aromatic heterocycles. The molecular formula is C14H23ClN2O3. The summed E-state index contributed by atoms with van der Waals surface area (Å²) in [6.07, 6.45) is 5.13. The molecule has 2 aliphatic heterocycles. The van der Waals surface area contributed by atoms with Gasteiger partial charge in [0, 0.05) is 19.6 Å². The van der Waals surface area contributed by atoms with E-state index in [-0.39, 0.29) is 36.6 Å². The van der Waals surface area contributed by atoms with Crippen molar-refractivity contribution >= 4 is 24.3 Å². The van der Waals surface area contributed by atoms with Gasteiger partial charge in [0.25, 0.3) is 0 Å². The SMILES string of the molecule is Cl.O=C1CC(C(=O)N2CCCNCC2)C2(CCCC2)O1. The molecule has 0 aromatic carbocycles. The molecule has 3 fully saturated rings. The molecule has 5 nitrogen and oxygen atoms in total. The second-order valence-corrected chi connectivity index (χ2v) is 5.93. The first-order valence-electron chi connectivity index (χ1n) is 7.43. The minimum atomic E-state index is -0.464. The molecule has 20 heavy (non-hydrogen) atoms. The Morgan fingerprint density at radius 1 is 1.20 bits per heavy atom. The minimum Gasteiger partial charge on any atom is -0.458 e. The molecule has 1 atom stereocenters. The molecule has 0 bridgehead atoms. The van der Waals surface area contributed by atoms with Gasteiger partial charge in [-0.2, -0.15) is 0 Å². The van der Waals surface area contributed by atoms with Gasteiger partial charge in [0.05, 0.1) is 12.3 Å². The van der Waals surface area contributed by atoms with Gasteiger partial charge in [0.15, 0.2) is 0 Å². The molecule has 0 aromatic rings. The van der Waals surface area contributed by atoms with Crippen LogP contribution in [0.15, 0.2) is 0 Å². The van der Waals surface area contributed by atoms with Gasteiger partial charge in [0.1, 0.15) is 5.60 Å². The quantitative estimate of drug-likeness (QED) is 0.737.